The van der Waals surface area contributed by atoms with Gasteiger partial charge in [-0.25, -0.2) is 13.6 Å². The standard InChI is InChI=1S/C25H24F2O2/c1-2-16-3-5-17(6-4-16)18-7-9-19(10-8-18)25(28)29-21-12-13-22-20(15-21)11-14-23(26)24(22)27/h7-17H,2-6H2,1H3. The fourth-order valence-electron chi connectivity index (χ4n) is 4.27. The molecule has 0 radical (unpaired) electrons. The zero-order valence-electron chi connectivity index (χ0n) is 16.5. The molecule has 1 aliphatic rings. The molecule has 0 N–H and O–H groups in total. The first-order chi connectivity index (χ1) is 14.0. The molecule has 1 aliphatic carbocycles. The van der Waals surface area contributed by atoms with E-state index in [-0.39, 0.29) is 5.39 Å². The number of carbonyl (C=O) groups excluding carboxylic acids is 1. The Labute approximate surface area is 169 Å². The van der Waals surface area contributed by atoms with Crippen LogP contribution in [0.5, 0.6) is 5.75 Å². The van der Waals surface area contributed by atoms with Crippen LogP contribution in [-0.4, -0.2) is 5.97 Å². The van der Waals surface area contributed by atoms with E-state index < -0.39 is 17.6 Å². The van der Waals surface area contributed by atoms with Gasteiger partial charge in [0.05, 0.1) is 5.56 Å². The lowest BCUT2D eigenvalue weighted by Crippen LogP contribution is -2.13. The van der Waals surface area contributed by atoms with Gasteiger partial charge in [-0.1, -0.05) is 31.5 Å². The van der Waals surface area contributed by atoms with Gasteiger partial charge in [0.25, 0.3) is 0 Å². The molecule has 2 nitrogen and oxygen atoms in total. The summed E-state index contributed by atoms with van der Waals surface area (Å²) in [5.41, 5.74) is 1.75. The molecular weight excluding hydrogens is 370 g/mol. The third-order valence-electron chi connectivity index (χ3n) is 6.13. The molecule has 0 amide bonds. The molecule has 0 aliphatic heterocycles. The second-order valence-electron chi connectivity index (χ2n) is 7.88. The van der Waals surface area contributed by atoms with Gasteiger partial charge in [0.15, 0.2) is 11.6 Å². The number of rotatable bonds is 4. The predicted octanol–water partition coefficient (Wildman–Crippen LogP) is 7.02. The molecule has 0 bridgehead atoms. The number of benzene rings is 3. The van der Waals surface area contributed by atoms with E-state index in [2.05, 4.69) is 6.92 Å². The molecular formula is C25H24F2O2. The quantitative estimate of drug-likeness (QED) is 0.351. The minimum Gasteiger partial charge on any atom is -0.423 e. The van der Waals surface area contributed by atoms with E-state index in [0.29, 0.717) is 22.6 Å². The van der Waals surface area contributed by atoms with E-state index in [0.717, 1.165) is 12.0 Å². The lowest BCUT2D eigenvalue weighted by molar-refractivity contribution is 0.0735. The number of carbonyl (C=O) groups is 1. The minimum atomic E-state index is -0.899. The maximum Gasteiger partial charge on any atom is 0.343 e. The van der Waals surface area contributed by atoms with Crippen LogP contribution in [0, 0.1) is 17.6 Å². The van der Waals surface area contributed by atoms with Crippen LogP contribution in [0.25, 0.3) is 10.8 Å². The van der Waals surface area contributed by atoms with Crippen LogP contribution in [0.2, 0.25) is 0 Å². The van der Waals surface area contributed by atoms with E-state index in [9.17, 15) is 13.6 Å². The van der Waals surface area contributed by atoms with Gasteiger partial charge in [-0.05, 0) is 84.9 Å². The van der Waals surface area contributed by atoms with Crippen molar-refractivity contribution >= 4 is 16.7 Å². The summed E-state index contributed by atoms with van der Waals surface area (Å²) in [6, 6.07) is 14.6. The molecule has 0 aromatic heterocycles. The lowest BCUT2D eigenvalue weighted by atomic mass is 9.78. The molecule has 0 heterocycles. The molecule has 4 rings (SSSR count). The zero-order chi connectivity index (χ0) is 20.4. The topological polar surface area (TPSA) is 26.3 Å². The lowest BCUT2D eigenvalue weighted by Gasteiger charge is -2.28. The SMILES string of the molecule is CCC1CCC(c2ccc(C(=O)Oc3ccc4c(F)c(F)ccc4c3)cc2)CC1. The first-order valence-corrected chi connectivity index (χ1v) is 10.2. The van der Waals surface area contributed by atoms with Gasteiger partial charge in [-0.2, -0.15) is 0 Å². The van der Waals surface area contributed by atoms with Crippen LogP contribution in [-0.2, 0) is 0 Å². The molecule has 0 atom stereocenters. The van der Waals surface area contributed by atoms with E-state index in [1.165, 1.54) is 61.9 Å². The number of fused-ring (bicyclic) bond motifs is 1. The van der Waals surface area contributed by atoms with Crippen LogP contribution in [0.1, 0.15) is 60.9 Å². The van der Waals surface area contributed by atoms with Crippen molar-refractivity contribution in [1.29, 1.82) is 0 Å². The highest BCUT2D eigenvalue weighted by molar-refractivity contribution is 5.92. The summed E-state index contributed by atoms with van der Waals surface area (Å²) in [5, 5.41) is 0.638. The van der Waals surface area contributed by atoms with Crippen molar-refractivity contribution in [2.24, 2.45) is 5.92 Å². The highest BCUT2D eigenvalue weighted by atomic mass is 19.2. The van der Waals surface area contributed by atoms with Crippen LogP contribution in [0.4, 0.5) is 8.78 Å². The van der Waals surface area contributed by atoms with Gasteiger partial charge < -0.3 is 4.74 Å². The Morgan fingerprint density at radius 1 is 0.966 bits per heavy atom. The number of ether oxygens (including phenoxy) is 1. The molecule has 1 saturated carbocycles. The van der Waals surface area contributed by atoms with Crippen molar-refractivity contribution in [1.82, 2.24) is 0 Å². The number of hydrogen-bond donors (Lipinski definition) is 0. The molecule has 29 heavy (non-hydrogen) atoms. The average Bonchev–Trinajstić information content (AvgIpc) is 2.76. The van der Waals surface area contributed by atoms with E-state index in [1.807, 2.05) is 12.1 Å². The monoisotopic (exact) mass is 394 g/mol. The molecule has 0 spiro atoms. The van der Waals surface area contributed by atoms with E-state index >= 15 is 0 Å². The van der Waals surface area contributed by atoms with Gasteiger partial charge in [0.2, 0.25) is 0 Å². The predicted molar refractivity (Wildman–Crippen MR) is 110 cm³/mol. The Bertz CT molecular complexity index is 1020. The highest BCUT2D eigenvalue weighted by Gasteiger charge is 2.21. The molecule has 3 aromatic rings. The third-order valence-corrected chi connectivity index (χ3v) is 6.13. The molecule has 1 fully saturated rings. The highest BCUT2D eigenvalue weighted by Crippen LogP contribution is 2.37. The normalized spacial score (nSPS) is 19.3. The van der Waals surface area contributed by atoms with Gasteiger partial charge in [0.1, 0.15) is 5.75 Å². The number of halogens is 2. The van der Waals surface area contributed by atoms with Crippen molar-refractivity contribution < 1.29 is 18.3 Å². The van der Waals surface area contributed by atoms with Gasteiger partial charge in [0, 0.05) is 5.39 Å². The smallest absolute Gasteiger partial charge is 0.343 e. The van der Waals surface area contributed by atoms with Gasteiger partial charge in [-0.15, -0.1) is 0 Å². The molecule has 4 heteroatoms. The summed E-state index contributed by atoms with van der Waals surface area (Å²) < 4.78 is 32.6. The molecule has 0 unspecified atom stereocenters. The van der Waals surface area contributed by atoms with Gasteiger partial charge in [-0.3, -0.25) is 0 Å². The summed E-state index contributed by atoms with van der Waals surface area (Å²) in [7, 11) is 0. The Hall–Kier alpha value is -2.75. The first-order valence-electron chi connectivity index (χ1n) is 10.2. The Morgan fingerprint density at radius 2 is 1.69 bits per heavy atom. The second-order valence-corrected chi connectivity index (χ2v) is 7.88. The van der Waals surface area contributed by atoms with Crippen LogP contribution < -0.4 is 4.74 Å². The van der Waals surface area contributed by atoms with E-state index in [1.54, 1.807) is 12.1 Å². The van der Waals surface area contributed by atoms with Crippen molar-refractivity contribution in [3.05, 3.63) is 77.4 Å². The van der Waals surface area contributed by atoms with Crippen LogP contribution >= 0.6 is 0 Å². The molecule has 3 aromatic carbocycles. The van der Waals surface area contributed by atoms with Crippen LogP contribution in [0.15, 0.2) is 54.6 Å². The van der Waals surface area contributed by atoms with Crippen molar-refractivity contribution in [2.45, 2.75) is 44.9 Å². The summed E-state index contributed by atoms with van der Waals surface area (Å²) >= 11 is 0. The summed E-state index contributed by atoms with van der Waals surface area (Å²) in [5.74, 6) is -0.538. The Morgan fingerprint density at radius 3 is 2.38 bits per heavy atom. The van der Waals surface area contributed by atoms with Gasteiger partial charge >= 0.3 is 5.97 Å². The molecule has 150 valence electrons. The van der Waals surface area contributed by atoms with Crippen LogP contribution in [0.3, 0.4) is 0 Å². The maximum absolute atomic E-state index is 13.8. The molecule has 0 saturated heterocycles. The van der Waals surface area contributed by atoms with E-state index in [4.69, 9.17) is 4.74 Å². The van der Waals surface area contributed by atoms with Crippen molar-refractivity contribution in [2.75, 3.05) is 0 Å². The average molecular weight is 394 g/mol. The third kappa shape index (κ3) is 4.16. The Balaban J connectivity index is 1.45. The maximum atomic E-state index is 13.8. The minimum absolute atomic E-state index is 0.159. The second kappa shape index (κ2) is 8.32. The summed E-state index contributed by atoms with van der Waals surface area (Å²) in [6.45, 7) is 2.26. The largest absolute Gasteiger partial charge is 0.423 e. The number of hydrogen-bond acceptors (Lipinski definition) is 2. The fraction of sp³-hybridized carbons (Fsp3) is 0.320. The Kier molecular flexibility index (Phi) is 5.61. The summed E-state index contributed by atoms with van der Waals surface area (Å²) in [6.07, 6.45) is 6.22. The number of esters is 1. The fourth-order valence-corrected chi connectivity index (χ4v) is 4.27. The van der Waals surface area contributed by atoms with Crippen molar-refractivity contribution in [3.63, 3.8) is 0 Å². The zero-order valence-corrected chi connectivity index (χ0v) is 16.5. The summed E-state index contributed by atoms with van der Waals surface area (Å²) in [4.78, 5) is 12.5. The first kappa shape index (κ1) is 19.6. The van der Waals surface area contributed by atoms with Crippen molar-refractivity contribution in [3.8, 4) is 5.75 Å².